The Morgan fingerprint density at radius 1 is 1.17 bits per heavy atom. The van der Waals surface area contributed by atoms with Crippen LogP contribution in [0, 0.1) is 5.82 Å². The molecule has 4 heteroatoms. The summed E-state index contributed by atoms with van der Waals surface area (Å²) < 4.78 is 13.4. The van der Waals surface area contributed by atoms with Crippen molar-refractivity contribution >= 4 is 11.6 Å². The molecule has 0 aliphatic carbocycles. The van der Waals surface area contributed by atoms with E-state index in [-0.39, 0.29) is 11.7 Å². The smallest absolute Gasteiger partial charge is 0.228 e. The Labute approximate surface area is 134 Å². The third kappa shape index (κ3) is 2.86. The Balaban J connectivity index is 1.71. The number of hydrogen-bond acceptors (Lipinski definition) is 2. The van der Waals surface area contributed by atoms with Crippen molar-refractivity contribution in [2.45, 2.75) is 25.2 Å². The van der Waals surface area contributed by atoms with Gasteiger partial charge in [0, 0.05) is 12.2 Å². The lowest BCUT2D eigenvalue weighted by Gasteiger charge is -2.16. The van der Waals surface area contributed by atoms with Crippen LogP contribution < -0.4 is 10.6 Å². The number of benzene rings is 2. The Bertz CT molecular complexity index is 766. The molecule has 0 saturated carbocycles. The van der Waals surface area contributed by atoms with E-state index in [1.165, 1.54) is 11.6 Å². The summed E-state index contributed by atoms with van der Waals surface area (Å²) in [4.78, 5) is 11.8. The van der Waals surface area contributed by atoms with E-state index in [1.54, 1.807) is 12.1 Å². The molecule has 1 atom stereocenters. The maximum absolute atomic E-state index is 13.4. The van der Waals surface area contributed by atoms with E-state index in [2.05, 4.69) is 16.7 Å². The minimum absolute atomic E-state index is 0.0649. The van der Waals surface area contributed by atoms with Crippen molar-refractivity contribution in [3.8, 4) is 0 Å². The fourth-order valence-corrected chi connectivity index (χ4v) is 3.69. The number of hydrogen-bond donors (Lipinski definition) is 2. The number of fused-ring (bicyclic) bond motifs is 1. The van der Waals surface area contributed by atoms with E-state index < -0.39 is 0 Å². The molecule has 1 unspecified atom stereocenters. The largest absolute Gasteiger partial charge is 0.326 e. The van der Waals surface area contributed by atoms with Gasteiger partial charge in [0.25, 0.3) is 0 Å². The average Bonchev–Trinajstić information content (AvgIpc) is 3.15. The lowest BCUT2D eigenvalue weighted by molar-refractivity contribution is -0.115. The number of rotatable bonds is 3. The molecule has 3 nitrogen and oxygen atoms in total. The third-order valence-corrected chi connectivity index (χ3v) is 4.75. The molecular formula is C19H19FN2O. The van der Waals surface area contributed by atoms with E-state index >= 15 is 0 Å². The Morgan fingerprint density at radius 2 is 2.09 bits per heavy atom. The molecule has 0 spiro atoms. The summed E-state index contributed by atoms with van der Waals surface area (Å²) in [7, 11) is 0. The summed E-state index contributed by atoms with van der Waals surface area (Å²) in [5, 5.41) is 6.36. The van der Waals surface area contributed by atoms with Crippen LogP contribution in [0.4, 0.5) is 10.1 Å². The first-order valence-corrected chi connectivity index (χ1v) is 8.10. The number of carbonyl (C=O) groups is 1. The number of halogens is 1. The SMILES string of the molecule is O=C1Cc2c(cc(Cc3cccc(F)c3)cc2C2CCNC2)N1. The molecule has 2 aliphatic rings. The molecule has 1 amide bonds. The normalized spacial score (nSPS) is 19.7. The highest BCUT2D eigenvalue weighted by atomic mass is 19.1. The molecule has 0 radical (unpaired) electrons. The Hall–Kier alpha value is -2.20. The molecular weight excluding hydrogens is 291 g/mol. The quantitative estimate of drug-likeness (QED) is 0.915. The second-order valence-corrected chi connectivity index (χ2v) is 6.43. The van der Waals surface area contributed by atoms with Gasteiger partial charge in [0.2, 0.25) is 5.91 Å². The van der Waals surface area contributed by atoms with Gasteiger partial charge in [0.1, 0.15) is 5.82 Å². The molecule has 0 aromatic heterocycles. The van der Waals surface area contributed by atoms with Gasteiger partial charge >= 0.3 is 0 Å². The van der Waals surface area contributed by atoms with Crippen molar-refractivity contribution in [3.63, 3.8) is 0 Å². The van der Waals surface area contributed by atoms with Crippen LogP contribution in [0.2, 0.25) is 0 Å². The van der Waals surface area contributed by atoms with Crippen LogP contribution in [0.5, 0.6) is 0 Å². The number of anilines is 1. The third-order valence-electron chi connectivity index (χ3n) is 4.75. The van der Waals surface area contributed by atoms with Gasteiger partial charge in [-0.25, -0.2) is 4.39 Å². The van der Waals surface area contributed by atoms with Gasteiger partial charge in [-0.3, -0.25) is 4.79 Å². The highest BCUT2D eigenvalue weighted by Gasteiger charge is 2.27. The molecule has 2 aliphatic heterocycles. The van der Waals surface area contributed by atoms with Crippen LogP contribution >= 0.6 is 0 Å². The number of amides is 1. The fraction of sp³-hybridized carbons (Fsp3) is 0.316. The lowest BCUT2D eigenvalue weighted by Crippen LogP contribution is -2.09. The molecule has 2 aromatic rings. The van der Waals surface area contributed by atoms with E-state index in [0.29, 0.717) is 18.8 Å². The van der Waals surface area contributed by atoms with Crippen molar-refractivity contribution in [1.82, 2.24) is 5.32 Å². The van der Waals surface area contributed by atoms with Crippen LogP contribution in [0.15, 0.2) is 36.4 Å². The van der Waals surface area contributed by atoms with Crippen LogP contribution in [0.1, 0.15) is 34.6 Å². The van der Waals surface area contributed by atoms with Gasteiger partial charge in [-0.1, -0.05) is 18.2 Å². The molecule has 1 fully saturated rings. The number of nitrogens with one attached hydrogen (secondary N) is 2. The van der Waals surface area contributed by atoms with Crippen molar-refractivity contribution in [1.29, 1.82) is 0 Å². The topological polar surface area (TPSA) is 41.1 Å². The van der Waals surface area contributed by atoms with Crippen LogP contribution in [-0.2, 0) is 17.6 Å². The molecule has 0 bridgehead atoms. The number of carbonyl (C=O) groups excluding carboxylic acids is 1. The van der Waals surface area contributed by atoms with Gasteiger partial charge in [0.15, 0.2) is 0 Å². The molecule has 23 heavy (non-hydrogen) atoms. The van der Waals surface area contributed by atoms with E-state index in [9.17, 15) is 9.18 Å². The monoisotopic (exact) mass is 310 g/mol. The molecule has 2 aromatic carbocycles. The predicted octanol–water partition coefficient (Wildman–Crippen LogP) is 2.99. The van der Waals surface area contributed by atoms with Crippen LogP contribution in [0.3, 0.4) is 0 Å². The maximum Gasteiger partial charge on any atom is 0.228 e. The van der Waals surface area contributed by atoms with Crippen molar-refractivity contribution in [2.75, 3.05) is 18.4 Å². The first-order chi connectivity index (χ1) is 11.2. The summed E-state index contributed by atoms with van der Waals surface area (Å²) in [6.07, 6.45) is 2.25. The van der Waals surface area contributed by atoms with E-state index in [4.69, 9.17) is 0 Å². The van der Waals surface area contributed by atoms with Gasteiger partial charge in [-0.15, -0.1) is 0 Å². The van der Waals surface area contributed by atoms with Crippen LogP contribution in [0.25, 0.3) is 0 Å². The highest BCUT2D eigenvalue weighted by Crippen LogP contribution is 2.35. The first-order valence-electron chi connectivity index (χ1n) is 8.10. The summed E-state index contributed by atoms with van der Waals surface area (Å²) in [5.74, 6) is 0.316. The summed E-state index contributed by atoms with van der Waals surface area (Å²) in [6.45, 7) is 1.99. The van der Waals surface area contributed by atoms with Gasteiger partial charge in [0.05, 0.1) is 6.42 Å². The lowest BCUT2D eigenvalue weighted by atomic mass is 9.89. The van der Waals surface area contributed by atoms with Crippen molar-refractivity contribution < 1.29 is 9.18 Å². The molecule has 118 valence electrons. The molecule has 2 N–H and O–H groups in total. The summed E-state index contributed by atoms with van der Waals surface area (Å²) in [5.41, 5.74) is 5.43. The Morgan fingerprint density at radius 3 is 2.87 bits per heavy atom. The zero-order valence-electron chi connectivity index (χ0n) is 12.9. The minimum Gasteiger partial charge on any atom is -0.326 e. The summed E-state index contributed by atoms with van der Waals surface area (Å²) >= 11 is 0. The zero-order chi connectivity index (χ0) is 15.8. The first kappa shape index (κ1) is 14.4. The predicted molar refractivity (Wildman–Crippen MR) is 88.2 cm³/mol. The van der Waals surface area contributed by atoms with Gasteiger partial charge in [-0.2, -0.15) is 0 Å². The zero-order valence-corrected chi connectivity index (χ0v) is 12.9. The Kier molecular flexibility index (Phi) is 3.62. The van der Waals surface area contributed by atoms with Crippen molar-refractivity contribution in [2.24, 2.45) is 0 Å². The molecule has 4 rings (SSSR count). The molecule has 1 saturated heterocycles. The van der Waals surface area contributed by atoms with E-state index in [1.807, 2.05) is 12.1 Å². The van der Waals surface area contributed by atoms with Gasteiger partial charge < -0.3 is 10.6 Å². The van der Waals surface area contributed by atoms with Gasteiger partial charge in [-0.05, 0) is 65.8 Å². The van der Waals surface area contributed by atoms with E-state index in [0.717, 1.165) is 41.9 Å². The van der Waals surface area contributed by atoms with Crippen LogP contribution in [-0.4, -0.2) is 19.0 Å². The fourth-order valence-electron chi connectivity index (χ4n) is 3.69. The second-order valence-electron chi connectivity index (χ2n) is 6.43. The minimum atomic E-state index is -0.211. The van der Waals surface area contributed by atoms with Crippen molar-refractivity contribution in [3.05, 3.63) is 64.5 Å². The highest BCUT2D eigenvalue weighted by molar-refractivity contribution is 5.99. The summed E-state index contributed by atoms with van der Waals surface area (Å²) in [6, 6.07) is 11.0. The maximum atomic E-state index is 13.4. The average molecular weight is 310 g/mol. The second kappa shape index (κ2) is 5.78. The molecule has 2 heterocycles. The standard InChI is InChI=1S/C19H19FN2O/c20-15-3-1-2-12(7-15)6-13-8-16(14-4-5-21-11-14)17-10-19(23)22-18(17)9-13/h1-3,7-9,14,21H,4-6,10-11H2,(H,22,23).